The Morgan fingerprint density at radius 3 is 2.56 bits per heavy atom. The number of rotatable bonds is 5. The van der Waals surface area contributed by atoms with Gasteiger partial charge >= 0.3 is 0 Å². The van der Waals surface area contributed by atoms with Gasteiger partial charge in [0.05, 0.1) is 0 Å². The molecule has 1 unspecified atom stereocenters. The third kappa shape index (κ3) is 3.44. The molecule has 1 N–H and O–H groups in total. The van der Waals surface area contributed by atoms with Gasteiger partial charge in [0.1, 0.15) is 0 Å². The van der Waals surface area contributed by atoms with Crippen molar-refractivity contribution in [2.75, 3.05) is 39.3 Å². The summed E-state index contributed by atoms with van der Waals surface area (Å²) >= 11 is 0. The highest BCUT2D eigenvalue weighted by atomic mass is 16.2. The Balaban J connectivity index is 1.70. The van der Waals surface area contributed by atoms with Crippen molar-refractivity contribution < 1.29 is 5.11 Å². The van der Waals surface area contributed by atoms with Crippen LogP contribution in [0, 0.1) is 0 Å². The molecule has 16 heavy (non-hydrogen) atoms. The van der Waals surface area contributed by atoms with Gasteiger partial charge < -0.3 is 10.0 Å². The molecule has 0 bridgehead atoms. The van der Waals surface area contributed by atoms with E-state index in [1.807, 2.05) is 0 Å². The van der Waals surface area contributed by atoms with Gasteiger partial charge in [-0.25, -0.2) is 0 Å². The summed E-state index contributed by atoms with van der Waals surface area (Å²) in [6.07, 6.45) is 7.69. The molecule has 1 atom stereocenters. The maximum atomic E-state index is 8.79. The minimum absolute atomic E-state index is 0.351. The van der Waals surface area contributed by atoms with Crippen molar-refractivity contribution >= 4 is 0 Å². The fourth-order valence-corrected chi connectivity index (χ4v) is 3.09. The monoisotopic (exact) mass is 226 g/mol. The van der Waals surface area contributed by atoms with Crippen molar-refractivity contribution in [3.05, 3.63) is 0 Å². The number of hydrogen-bond donors (Lipinski definition) is 1. The molecule has 94 valence electrons. The Morgan fingerprint density at radius 2 is 1.81 bits per heavy atom. The molecule has 2 rings (SSSR count). The number of nitrogens with zero attached hydrogens (tertiary/aromatic N) is 2. The molecule has 0 radical (unpaired) electrons. The molecular weight excluding hydrogens is 200 g/mol. The topological polar surface area (TPSA) is 26.7 Å². The molecule has 2 aliphatic rings. The van der Waals surface area contributed by atoms with Crippen molar-refractivity contribution in [1.29, 1.82) is 0 Å². The van der Waals surface area contributed by atoms with Crippen molar-refractivity contribution in [2.24, 2.45) is 0 Å². The Kier molecular flexibility index (Phi) is 5.07. The molecule has 0 amide bonds. The molecule has 2 saturated heterocycles. The predicted octanol–water partition coefficient (Wildman–Crippen LogP) is 1.32. The number of piperidine rings is 1. The maximum Gasteiger partial charge on any atom is 0.0431 e. The van der Waals surface area contributed by atoms with Crippen LogP contribution in [0.1, 0.15) is 38.5 Å². The minimum atomic E-state index is 0.351. The van der Waals surface area contributed by atoms with E-state index in [0.29, 0.717) is 6.61 Å². The lowest BCUT2D eigenvalue weighted by molar-refractivity contribution is 0.112. The SMILES string of the molecule is OCCCCN1CCCC(N2CCCC2)C1. The Bertz CT molecular complexity index is 192. The lowest BCUT2D eigenvalue weighted by Crippen LogP contribution is -2.47. The van der Waals surface area contributed by atoms with Crippen molar-refractivity contribution in [3.8, 4) is 0 Å². The normalized spacial score (nSPS) is 28.7. The van der Waals surface area contributed by atoms with Crippen molar-refractivity contribution in [3.63, 3.8) is 0 Å². The number of unbranched alkanes of at least 4 members (excludes halogenated alkanes) is 1. The first kappa shape index (κ1) is 12.3. The molecule has 2 fully saturated rings. The second-order valence-electron chi connectivity index (χ2n) is 5.27. The van der Waals surface area contributed by atoms with Crippen LogP contribution in [0.3, 0.4) is 0 Å². The van der Waals surface area contributed by atoms with Crippen LogP contribution in [0.4, 0.5) is 0 Å². The van der Waals surface area contributed by atoms with E-state index >= 15 is 0 Å². The molecule has 2 aliphatic heterocycles. The fraction of sp³-hybridized carbons (Fsp3) is 1.00. The van der Waals surface area contributed by atoms with Gasteiger partial charge in [0, 0.05) is 19.2 Å². The summed E-state index contributed by atoms with van der Waals surface area (Å²) in [6, 6.07) is 0.824. The van der Waals surface area contributed by atoms with E-state index in [9.17, 15) is 0 Å². The number of hydrogen-bond acceptors (Lipinski definition) is 3. The summed E-state index contributed by atoms with van der Waals surface area (Å²) in [5.74, 6) is 0. The van der Waals surface area contributed by atoms with Crippen LogP contribution < -0.4 is 0 Å². The van der Waals surface area contributed by atoms with Crippen LogP contribution in [0.25, 0.3) is 0 Å². The van der Waals surface area contributed by atoms with E-state index < -0.39 is 0 Å². The van der Waals surface area contributed by atoms with E-state index in [0.717, 1.165) is 18.9 Å². The Hall–Kier alpha value is -0.120. The Morgan fingerprint density at radius 1 is 1.00 bits per heavy atom. The first-order valence-corrected chi connectivity index (χ1v) is 6.97. The van der Waals surface area contributed by atoms with Gasteiger partial charge in [-0.2, -0.15) is 0 Å². The average Bonchev–Trinajstić information content (AvgIpc) is 2.83. The molecule has 3 heteroatoms. The molecule has 0 aromatic carbocycles. The summed E-state index contributed by atoms with van der Waals surface area (Å²) < 4.78 is 0. The smallest absolute Gasteiger partial charge is 0.0431 e. The van der Waals surface area contributed by atoms with Crippen LogP contribution in [0.2, 0.25) is 0 Å². The first-order chi connectivity index (χ1) is 7.90. The standard InChI is InChI=1S/C13H26N2O/c16-11-4-3-7-14-8-5-6-13(12-14)15-9-1-2-10-15/h13,16H,1-12H2. The largest absolute Gasteiger partial charge is 0.396 e. The van der Waals surface area contributed by atoms with Crippen LogP contribution in [0.5, 0.6) is 0 Å². The van der Waals surface area contributed by atoms with Crippen molar-refractivity contribution in [1.82, 2.24) is 9.80 Å². The van der Waals surface area contributed by atoms with Crippen LogP contribution >= 0.6 is 0 Å². The number of likely N-dealkylation sites (tertiary alicyclic amines) is 2. The van der Waals surface area contributed by atoms with Gasteiger partial charge in [0.25, 0.3) is 0 Å². The van der Waals surface area contributed by atoms with Gasteiger partial charge in [0.2, 0.25) is 0 Å². The highest BCUT2D eigenvalue weighted by Gasteiger charge is 2.26. The van der Waals surface area contributed by atoms with Gasteiger partial charge in [-0.3, -0.25) is 4.90 Å². The Labute approximate surface area is 99.4 Å². The molecular formula is C13H26N2O. The number of aliphatic hydroxyl groups is 1. The molecule has 3 nitrogen and oxygen atoms in total. The van der Waals surface area contributed by atoms with Gasteiger partial charge in [-0.1, -0.05) is 0 Å². The zero-order chi connectivity index (χ0) is 11.2. The lowest BCUT2D eigenvalue weighted by Gasteiger charge is -2.37. The predicted molar refractivity (Wildman–Crippen MR) is 66.6 cm³/mol. The quantitative estimate of drug-likeness (QED) is 0.716. The summed E-state index contributed by atoms with van der Waals surface area (Å²) in [5, 5.41) is 8.79. The third-order valence-corrected chi connectivity index (χ3v) is 4.02. The van der Waals surface area contributed by atoms with E-state index in [1.165, 1.54) is 58.4 Å². The summed E-state index contributed by atoms with van der Waals surface area (Å²) in [6.45, 7) is 6.74. The second kappa shape index (κ2) is 6.58. The van der Waals surface area contributed by atoms with Gasteiger partial charge in [0.15, 0.2) is 0 Å². The van der Waals surface area contributed by atoms with E-state index in [1.54, 1.807) is 0 Å². The van der Waals surface area contributed by atoms with Crippen LogP contribution in [-0.4, -0.2) is 60.3 Å². The number of aliphatic hydroxyl groups excluding tert-OH is 1. The highest BCUT2D eigenvalue weighted by molar-refractivity contribution is 4.83. The molecule has 0 aromatic heterocycles. The van der Waals surface area contributed by atoms with Gasteiger partial charge in [-0.15, -0.1) is 0 Å². The van der Waals surface area contributed by atoms with E-state index in [-0.39, 0.29) is 0 Å². The first-order valence-electron chi connectivity index (χ1n) is 6.97. The van der Waals surface area contributed by atoms with Crippen LogP contribution in [-0.2, 0) is 0 Å². The fourth-order valence-electron chi connectivity index (χ4n) is 3.09. The van der Waals surface area contributed by atoms with Gasteiger partial charge in [-0.05, 0) is 64.7 Å². The summed E-state index contributed by atoms with van der Waals surface area (Å²) in [7, 11) is 0. The third-order valence-electron chi connectivity index (χ3n) is 4.02. The zero-order valence-corrected chi connectivity index (χ0v) is 10.4. The zero-order valence-electron chi connectivity index (χ0n) is 10.4. The molecule has 2 heterocycles. The van der Waals surface area contributed by atoms with Crippen LogP contribution in [0.15, 0.2) is 0 Å². The maximum absolute atomic E-state index is 8.79. The van der Waals surface area contributed by atoms with E-state index in [4.69, 9.17) is 5.11 Å². The minimum Gasteiger partial charge on any atom is -0.396 e. The lowest BCUT2D eigenvalue weighted by atomic mass is 10.0. The summed E-state index contributed by atoms with van der Waals surface area (Å²) in [4.78, 5) is 5.29. The van der Waals surface area contributed by atoms with E-state index in [2.05, 4.69) is 9.80 Å². The molecule has 0 aromatic rings. The second-order valence-corrected chi connectivity index (χ2v) is 5.27. The summed E-state index contributed by atoms with van der Waals surface area (Å²) in [5.41, 5.74) is 0. The van der Waals surface area contributed by atoms with Crippen molar-refractivity contribution in [2.45, 2.75) is 44.6 Å². The highest BCUT2D eigenvalue weighted by Crippen LogP contribution is 2.20. The average molecular weight is 226 g/mol. The molecule has 0 spiro atoms. The molecule has 0 aliphatic carbocycles. The molecule has 0 saturated carbocycles.